The van der Waals surface area contributed by atoms with Crippen LogP contribution in [-0.4, -0.2) is 35.0 Å². The maximum Gasteiger partial charge on any atom is 0.336 e. The van der Waals surface area contributed by atoms with Gasteiger partial charge in [-0.2, -0.15) is 0 Å². The van der Waals surface area contributed by atoms with E-state index in [4.69, 9.17) is 0 Å². The first kappa shape index (κ1) is 15.9. The number of hydrogen-bond acceptors (Lipinski definition) is 2. The lowest BCUT2D eigenvalue weighted by Crippen LogP contribution is -2.33. The number of rotatable bonds is 6. The maximum absolute atomic E-state index is 12.4. The van der Waals surface area contributed by atoms with Crippen LogP contribution < -0.4 is 0 Å². The first-order valence-corrected chi connectivity index (χ1v) is 7.41. The second-order valence-electron chi connectivity index (χ2n) is 4.29. The Kier molecular flexibility index (Phi) is 6.27. The average Bonchev–Trinajstić information content (AvgIpc) is 2.37. The summed E-state index contributed by atoms with van der Waals surface area (Å²) in [5.41, 5.74) is 0.351. The van der Waals surface area contributed by atoms with Crippen LogP contribution in [0.2, 0.25) is 0 Å². The minimum Gasteiger partial charge on any atom is -0.478 e. The van der Waals surface area contributed by atoms with E-state index in [1.807, 2.05) is 36.4 Å². The predicted octanol–water partition coefficient (Wildman–Crippen LogP) is 3.25. The van der Waals surface area contributed by atoms with Gasteiger partial charge in [0, 0.05) is 16.7 Å². The van der Waals surface area contributed by atoms with E-state index in [0.29, 0.717) is 13.1 Å². The van der Waals surface area contributed by atoms with Gasteiger partial charge in [-0.15, -0.1) is 0 Å². The molecule has 1 N–H and O–H groups in total. The molecule has 19 heavy (non-hydrogen) atoms. The SMILES string of the molecule is CCCN(CCC)C(=O)c1ccc(I)cc1C(=O)O. The van der Waals surface area contributed by atoms with Crippen LogP contribution in [0.15, 0.2) is 18.2 Å². The standard InChI is InChI=1S/C14H18INO3/c1-3-7-16(8-4-2)13(17)11-6-5-10(15)9-12(11)14(18)19/h5-6,9H,3-4,7-8H2,1-2H3,(H,18,19). The summed E-state index contributed by atoms with van der Waals surface area (Å²) in [6.45, 7) is 5.30. The van der Waals surface area contributed by atoms with Crippen LogP contribution in [0.3, 0.4) is 0 Å². The number of carbonyl (C=O) groups excluding carboxylic acids is 1. The fourth-order valence-electron chi connectivity index (χ4n) is 1.90. The van der Waals surface area contributed by atoms with Gasteiger partial charge >= 0.3 is 5.97 Å². The largest absolute Gasteiger partial charge is 0.478 e. The minimum absolute atomic E-state index is 0.0779. The molecule has 1 amide bonds. The number of aromatic carboxylic acids is 1. The molecule has 1 aromatic carbocycles. The topological polar surface area (TPSA) is 57.6 Å². The molecule has 0 aliphatic heterocycles. The average molecular weight is 375 g/mol. The van der Waals surface area contributed by atoms with E-state index in [1.54, 1.807) is 17.0 Å². The zero-order chi connectivity index (χ0) is 14.4. The van der Waals surface area contributed by atoms with E-state index in [2.05, 4.69) is 0 Å². The molecule has 0 aliphatic carbocycles. The second kappa shape index (κ2) is 7.47. The van der Waals surface area contributed by atoms with Gasteiger partial charge in [-0.3, -0.25) is 4.79 Å². The van der Waals surface area contributed by atoms with Crippen molar-refractivity contribution in [2.75, 3.05) is 13.1 Å². The summed E-state index contributed by atoms with van der Waals surface area (Å²) in [5.74, 6) is -1.26. The molecule has 1 rings (SSSR count). The zero-order valence-electron chi connectivity index (χ0n) is 11.1. The first-order chi connectivity index (χ1) is 9.01. The van der Waals surface area contributed by atoms with Crippen molar-refractivity contribution in [2.24, 2.45) is 0 Å². The Morgan fingerprint density at radius 1 is 1.16 bits per heavy atom. The first-order valence-electron chi connectivity index (χ1n) is 6.33. The Morgan fingerprint density at radius 3 is 2.21 bits per heavy atom. The number of amides is 1. The fraction of sp³-hybridized carbons (Fsp3) is 0.429. The predicted molar refractivity (Wildman–Crippen MR) is 82.6 cm³/mol. The van der Waals surface area contributed by atoms with Gasteiger partial charge in [0.25, 0.3) is 5.91 Å². The van der Waals surface area contributed by atoms with Gasteiger partial charge in [0.05, 0.1) is 11.1 Å². The lowest BCUT2D eigenvalue weighted by molar-refractivity contribution is 0.0675. The molecule has 4 nitrogen and oxygen atoms in total. The van der Waals surface area contributed by atoms with Gasteiger partial charge in [0.2, 0.25) is 0 Å². The highest BCUT2D eigenvalue weighted by Gasteiger charge is 2.21. The van der Waals surface area contributed by atoms with Gasteiger partial charge < -0.3 is 10.0 Å². The van der Waals surface area contributed by atoms with Crippen molar-refractivity contribution in [2.45, 2.75) is 26.7 Å². The van der Waals surface area contributed by atoms with E-state index in [0.717, 1.165) is 16.4 Å². The summed E-state index contributed by atoms with van der Waals surface area (Å²) in [6, 6.07) is 4.90. The number of hydrogen-bond donors (Lipinski definition) is 1. The van der Waals surface area contributed by atoms with Gasteiger partial charge in [0.1, 0.15) is 0 Å². The summed E-state index contributed by atoms with van der Waals surface area (Å²) in [6.07, 6.45) is 1.72. The number of halogens is 1. The van der Waals surface area contributed by atoms with E-state index < -0.39 is 5.97 Å². The molecule has 0 aliphatic rings. The van der Waals surface area contributed by atoms with Crippen molar-refractivity contribution in [1.82, 2.24) is 4.90 Å². The van der Waals surface area contributed by atoms with Gasteiger partial charge in [-0.1, -0.05) is 13.8 Å². The van der Waals surface area contributed by atoms with Gasteiger partial charge in [0.15, 0.2) is 0 Å². The quantitative estimate of drug-likeness (QED) is 0.777. The summed E-state index contributed by atoms with van der Waals surface area (Å²) in [7, 11) is 0. The van der Waals surface area contributed by atoms with Crippen LogP contribution in [-0.2, 0) is 0 Å². The van der Waals surface area contributed by atoms with E-state index in [-0.39, 0.29) is 17.0 Å². The molecule has 5 heteroatoms. The number of benzene rings is 1. The molecule has 0 bridgehead atoms. The normalized spacial score (nSPS) is 10.3. The van der Waals surface area contributed by atoms with Crippen molar-refractivity contribution in [3.8, 4) is 0 Å². The van der Waals surface area contributed by atoms with Crippen LogP contribution in [0.4, 0.5) is 0 Å². The monoisotopic (exact) mass is 375 g/mol. The van der Waals surface area contributed by atoms with Crippen molar-refractivity contribution in [1.29, 1.82) is 0 Å². The lowest BCUT2D eigenvalue weighted by atomic mass is 10.1. The number of carboxylic acids is 1. The molecular formula is C14H18INO3. The Morgan fingerprint density at radius 2 is 1.74 bits per heavy atom. The molecule has 0 atom stereocenters. The molecule has 104 valence electrons. The molecule has 1 aromatic rings. The Bertz CT molecular complexity index is 468. The molecule has 0 saturated carbocycles. The molecular weight excluding hydrogens is 357 g/mol. The van der Waals surface area contributed by atoms with E-state index >= 15 is 0 Å². The summed E-state index contributed by atoms with van der Waals surface area (Å²) < 4.78 is 0.809. The molecule has 0 heterocycles. The zero-order valence-corrected chi connectivity index (χ0v) is 13.3. The maximum atomic E-state index is 12.4. The molecule has 0 spiro atoms. The number of nitrogens with zero attached hydrogens (tertiary/aromatic N) is 1. The van der Waals surface area contributed by atoms with Crippen molar-refractivity contribution >= 4 is 34.5 Å². The van der Waals surface area contributed by atoms with Gasteiger partial charge in [-0.25, -0.2) is 4.79 Å². The van der Waals surface area contributed by atoms with Crippen LogP contribution in [0.1, 0.15) is 47.4 Å². The lowest BCUT2D eigenvalue weighted by Gasteiger charge is -2.22. The van der Waals surface area contributed by atoms with Crippen molar-refractivity contribution < 1.29 is 14.7 Å². The molecule has 0 saturated heterocycles. The van der Waals surface area contributed by atoms with Crippen LogP contribution in [0.25, 0.3) is 0 Å². The highest BCUT2D eigenvalue weighted by Crippen LogP contribution is 2.16. The van der Waals surface area contributed by atoms with Crippen molar-refractivity contribution in [3.05, 3.63) is 32.9 Å². The van der Waals surface area contributed by atoms with Gasteiger partial charge in [-0.05, 0) is 53.6 Å². The third-order valence-corrected chi connectivity index (χ3v) is 3.39. The Balaban J connectivity index is 3.13. The summed E-state index contributed by atoms with van der Waals surface area (Å²) in [4.78, 5) is 25.4. The van der Waals surface area contributed by atoms with Crippen molar-refractivity contribution in [3.63, 3.8) is 0 Å². The summed E-state index contributed by atoms with van der Waals surface area (Å²) in [5, 5.41) is 9.21. The highest BCUT2D eigenvalue weighted by molar-refractivity contribution is 14.1. The third-order valence-electron chi connectivity index (χ3n) is 2.72. The summed E-state index contributed by atoms with van der Waals surface area (Å²) >= 11 is 2.04. The smallest absolute Gasteiger partial charge is 0.336 e. The molecule has 0 fully saturated rings. The minimum atomic E-state index is -1.06. The number of carbonyl (C=O) groups is 2. The fourth-order valence-corrected chi connectivity index (χ4v) is 2.40. The molecule has 0 unspecified atom stereocenters. The van der Waals surface area contributed by atoms with Crippen LogP contribution >= 0.6 is 22.6 Å². The number of carboxylic acid groups (broad SMARTS) is 1. The second-order valence-corrected chi connectivity index (χ2v) is 5.53. The Hall–Kier alpha value is -1.11. The highest BCUT2D eigenvalue weighted by atomic mass is 127. The molecule has 0 radical (unpaired) electrons. The van der Waals surface area contributed by atoms with E-state index in [9.17, 15) is 14.7 Å². The third kappa shape index (κ3) is 4.19. The van der Waals surface area contributed by atoms with Crippen LogP contribution in [0, 0.1) is 3.57 Å². The molecule has 0 aromatic heterocycles. The van der Waals surface area contributed by atoms with E-state index in [1.165, 1.54) is 6.07 Å². The Labute approximate surface area is 126 Å². The van der Waals surface area contributed by atoms with Crippen LogP contribution in [0.5, 0.6) is 0 Å².